The van der Waals surface area contributed by atoms with E-state index in [-0.39, 0.29) is 6.42 Å². The number of nitriles is 1. The quantitative estimate of drug-likeness (QED) is 0.877. The van der Waals surface area contributed by atoms with E-state index < -0.39 is 5.97 Å². The van der Waals surface area contributed by atoms with Crippen LogP contribution >= 0.6 is 0 Å². The number of anilines is 1. The van der Waals surface area contributed by atoms with Crippen LogP contribution in [0.15, 0.2) is 12.1 Å². The summed E-state index contributed by atoms with van der Waals surface area (Å²) in [5.41, 5.74) is 1.47. The van der Waals surface area contributed by atoms with Crippen molar-refractivity contribution in [3.05, 3.63) is 23.4 Å². The Morgan fingerprint density at radius 2 is 2.10 bits per heavy atom. The highest BCUT2D eigenvalue weighted by Crippen LogP contribution is 2.16. The van der Waals surface area contributed by atoms with Crippen molar-refractivity contribution < 1.29 is 9.90 Å². The van der Waals surface area contributed by atoms with E-state index in [1.807, 2.05) is 6.92 Å². The molecule has 1 saturated heterocycles. The summed E-state index contributed by atoms with van der Waals surface area (Å²) in [4.78, 5) is 19.3. The van der Waals surface area contributed by atoms with Gasteiger partial charge in [0, 0.05) is 38.4 Å². The molecule has 0 atom stereocenters. The van der Waals surface area contributed by atoms with Gasteiger partial charge in [-0.1, -0.05) is 0 Å². The van der Waals surface area contributed by atoms with E-state index in [4.69, 9.17) is 10.4 Å². The van der Waals surface area contributed by atoms with Crippen LogP contribution in [0.3, 0.4) is 0 Å². The van der Waals surface area contributed by atoms with Crippen molar-refractivity contribution in [3.8, 4) is 6.07 Å². The van der Waals surface area contributed by atoms with Gasteiger partial charge in [-0.25, -0.2) is 4.98 Å². The zero-order valence-corrected chi connectivity index (χ0v) is 11.5. The van der Waals surface area contributed by atoms with Gasteiger partial charge < -0.3 is 10.0 Å². The fraction of sp³-hybridized carbons (Fsp3) is 0.500. The Hall–Kier alpha value is -2.13. The zero-order chi connectivity index (χ0) is 14.5. The minimum atomic E-state index is -0.758. The first-order valence-electron chi connectivity index (χ1n) is 6.66. The molecule has 106 valence electrons. The van der Waals surface area contributed by atoms with Crippen molar-refractivity contribution in [1.82, 2.24) is 9.88 Å². The molecule has 6 nitrogen and oxygen atoms in total. The zero-order valence-electron chi connectivity index (χ0n) is 11.5. The van der Waals surface area contributed by atoms with Crippen LogP contribution in [0.25, 0.3) is 0 Å². The highest BCUT2D eigenvalue weighted by molar-refractivity contribution is 5.66. The Bertz CT molecular complexity index is 530. The monoisotopic (exact) mass is 274 g/mol. The first kappa shape index (κ1) is 14.3. The minimum absolute atomic E-state index is 0.182. The van der Waals surface area contributed by atoms with Crippen LogP contribution in [0.4, 0.5) is 5.82 Å². The molecular formula is C14H18N4O2. The fourth-order valence-electron chi connectivity index (χ4n) is 2.33. The third-order valence-corrected chi connectivity index (χ3v) is 3.41. The summed E-state index contributed by atoms with van der Waals surface area (Å²) in [5.74, 6) is 0.0749. The molecule has 6 heteroatoms. The number of aryl methyl sites for hydroxylation is 1. The second-order valence-corrected chi connectivity index (χ2v) is 4.94. The molecule has 0 aliphatic carbocycles. The molecule has 1 aromatic heterocycles. The van der Waals surface area contributed by atoms with E-state index in [1.54, 1.807) is 12.1 Å². The fourth-order valence-corrected chi connectivity index (χ4v) is 2.33. The van der Waals surface area contributed by atoms with Gasteiger partial charge in [0.2, 0.25) is 0 Å². The molecule has 1 aromatic rings. The lowest BCUT2D eigenvalue weighted by Gasteiger charge is -2.35. The van der Waals surface area contributed by atoms with Gasteiger partial charge in [-0.2, -0.15) is 5.26 Å². The van der Waals surface area contributed by atoms with Gasteiger partial charge in [0.15, 0.2) is 0 Å². The third kappa shape index (κ3) is 3.68. The summed E-state index contributed by atoms with van der Waals surface area (Å²) in [6, 6.07) is 5.72. The van der Waals surface area contributed by atoms with Crippen molar-refractivity contribution in [2.75, 3.05) is 37.6 Å². The molecule has 1 aliphatic heterocycles. The van der Waals surface area contributed by atoms with Gasteiger partial charge in [0.05, 0.1) is 18.1 Å². The van der Waals surface area contributed by atoms with Crippen LogP contribution in [-0.4, -0.2) is 53.7 Å². The number of carboxylic acids is 1. The maximum absolute atomic E-state index is 10.6. The number of piperazine rings is 1. The lowest BCUT2D eigenvalue weighted by atomic mass is 10.2. The van der Waals surface area contributed by atoms with Crippen LogP contribution < -0.4 is 4.90 Å². The number of hydrogen-bond acceptors (Lipinski definition) is 5. The molecule has 1 N–H and O–H groups in total. The number of nitrogens with zero attached hydrogens (tertiary/aromatic N) is 4. The molecule has 1 fully saturated rings. The summed E-state index contributed by atoms with van der Waals surface area (Å²) in [6.07, 6.45) is 0.182. The number of carboxylic acid groups (broad SMARTS) is 1. The summed E-state index contributed by atoms with van der Waals surface area (Å²) in [6.45, 7) is 5.73. The lowest BCUT2D eigenvalue weighted by Crippen LogP contribution is -2.47. The SMILES string of the molecule is Cc1cc(C#N)cc(N2CCN(CCC(=O)O)CC2)n1. The summed E-state index contributed by atoms with van der Waals surface area (Å²) in [5, 5.41) is 17.7. The van der Waals surface area contributed by atoms with Crippen LogP contribution in [0.5, 0.6) is 0 Å². The second-order valence-electron chi connectivity index (χ2n) is 4.94. The number of hydrogen-bond donors (Lipinski definition) is 1. The molecule has 0 radical (unpaired) electrons. The number of aromatic nitrogens is 1. The van der Waals surface area contributed by atoms with Crippen LogP contribution in [0.1, 0.15) is 17.7 Å². The maximum Gasteiger partial charge on any atom is 0.304 e. The van der Waals surface area contributed by atoms with E-state index in [0.717, 1.165) is 37.7 Å². The van der Waals surface area contributed by atoms with Gasteiger partial charge in [-0.3, -0.25) is 9.69 Å². The molecule has 0 unspecified atom stereocenters. The highest BCUT2D eigenvalue weighted by Gasteiger charge is 2.18. The van der Waals surface area contributed by atoms with Crippen LogP contribution in [-0.2, 0) is 4.79 Å². The number of aliphatic carboxylic acids is 1. The maximum atomic E-state index is 10.6. The van der Waals surface area contributed by atoms with Crippen molar-refractivity contribution in [3.63, 3.8) is 0 Å². The van der Waals surface area contributed by atoms with Crippen molar-refractivity contribution in [1.29, 1.82) is 5.26 Å². The predicted octanol–water partition coefficient (Wildman–Crippen LogP) is 0.858. The topological polar surface area (TPSA) is 80.5 Å². The predicted molar refractivity (Wildman–Crippen MR) is 74.6 cm³/mol. The number of carbonyl (C=O) groups is 1. The Morgan fingerprint density at radius 1 is 1.40 bits per heavy atom. The average molecular weight is 274 g/mol. The van der Waals surface area contributed by atoms with Crippen LogP contribution in [0.2, 0.25) is 0 Å². The average Bonchev–Trinajstić information content (AvgIpc) is 2.45. The van der Waals surface area contributed by atoms with Crippen molar-refractivity contribution in [2.24, 2.45) is 0 Å². The Balaban J connectivity index is 1.95. The van der Waals surface area contributed by atoms with Gasteiger partial charge >= 0.3 is 5.97 Å². The molecule has 2 heterocycles. The molecule has 20 heavy (non-hydrogen) atoms. The molecule has 2 rings (SSSR count). The molecule has 0 bridgehead atoms. The largest absolute Gasteiger partial charge is 0.481 e. The molecule has 1 aliphatic rings. The highest BCUT2D eigenvalue weighted by atomic mass is 16.4. The van der Waals surface area contributed by atoms with Crippen LogP contribution in [0, 0.1) is 18.3 Å². The summed E-state index contributed by atoms with van der Waals surface area (Å²) in [7, 11) is 0. The van der Waals surface area contributed by atoms with Gasteiger partial charge in [-0.15, -0.1) is 0 Å². The molecule has 0 saturated carbocycles. The Labute approximate surface area is 118 Å². The minimum Gasteiger partial charge on any atom is -0.481 e. The smallest absolute Gasteiger partial charge is 0.304 e. The van der Waals surface area contributed by atoms with Gasteiger partial charge in [0.25, 0.3) is 0 Å². The second kappa shape index (κ2) is 6.35. The third-order valence-electron chi connectivity index (χ3n) is 3.41. The van der Waals surface area contributed by atoms with E-state index in [9.17, 15) is 4.79 Å². The Morgan fingerprint density at radius 3 is 2.70 bits per heavy atom. The molecule has 0 spiro atoms. The molecular weight excluding hydrogens is 256 g/mol. The van der Waals surface area contributed by atoms with E-state index >= 15 is 0 Å². The molecule has 0 amide bonds. The Kier molecular flexibility index (Phi) is 4.53. The lowest BCUT2D eigenvalue weighted by molar-refractivity contribution is -0.137. The number of pyridine rings is 1. The number of rotatable bonds is 4. The van der Waals surface area contributed by atoms with Crippen molar-refractivity contribution in [2.45, 2.75) is 13.3 Å². The van der Waals surface area contributed by atoms with Crippen molar-refractivity contribution >= 4 is 11.8 Å². The molecule has 0 aromatic carbocycles. The van der Waals surface area contributed by atoms with E-state index in [1.165, 1.54) is 0 Å². The first-order valence-corrected chi connectivity index (χ1v) is 6.66. The normalized spacial score (nSPS) is 15.9. The standard InChI is InChI=1S/C14H18N4O2/c1-11-8-12(10-15)9-13(16-11)18-6-4-17(5-7-18)3-2-14(19)20/h8-9H,2-7H2,1H3,(H,19,20). The first-order chi connectivity index (χ1) is 9.58. The van der Waals surface area contributed by atoms with E-state index in [0.29, 0.717) is 12.1 Å². The van der Waals surface area contributed by atoms with Gasteiger partial charge in [-0.05, 0) is 19.1 Å². The van der Waals surface area contributed by atoms with E-state index in [2.05, 4.69) is 20.9 Å². The summed E-state index contributed by atoms with van der Waals surface area (Å²) < 4.78 is 0. The van der Waals surface area contributed by atoms with Gasteiger partial charge in [0.1, 0.15) is 5.82 Å². The summed E-state index contributed by atoms with van der Waals surface area (Å²) >= 11 is 0.